The Morgan fingerprint density at radius 3 is 2.52 bits per heavy atom. The summed E-state index contributed by atoms with van der Waals surface area (Å²) in [5.41, 5.74) is 7.67. The molecule has 2 aliphatic rings. The third kappa shape index (κ3) is 4.81. The van der Waals surface area contributed by atoms with Crippen molar-refractivity contribution < 1.29 is 8.42 Å². The predicted octanol–water partition coefficient (Wildman–Crippen LogP) is 2.70. The lowest BCUT2D eigenvalue weighted by molar-refractivity contribution is 0.298. The molecule has 2 N–H and O–H groups in total. The number of terminal acetylenes is 1. The van der Waals surface area contributed by atoms with Crippen LogP contribution in [0.1, 0.15) is 33.6 Å². The zero-order valence-electron chi connectivity index (χ0n) is 14.9. The van der Waals surface area contributed by atoms with E-state index in [1.807, 2.05) is 12.2 Å². The molecular formula is C18H26ClN3O2S. The quantitative estimate of drug-likeness (QED) is 0.435. The van der Waals surface area contributed by atoms with Crippen molar-refractivity contribution in [1.82, 2.24) is 15.2 Å². The van der Waals surface area contributed by atoms with E-state index < -0.39 is 10.0 Å². The Kier molecular flexibility index (Phi) is 6.61. The number of rotatable bonds is 5. The number of hydrogen-bond donors (Lipinski definition) is 2. The summed E-state index contributed by atoms with van der Waals surface area (Å²) in [5.74, 6) is 0.434. The molecule has 1 unspecified atom stereocenters. The maximum absolute atomic E-state index is 12.3. The van der Waals surface area contributed by atoms with Crippen LogP contribution in [0.25, 0.3) is 0 Å². The summed E-state index contributed by atoms with van der Waals surface area (Å²) in [4.78, 5) is 0. The fourth-order valence-electron chi connectivity index (χ4n) is 3.16. The zero-order chi connectivity index (χ0) is 18.6. The fraction of sp³-hybridized carbons (Fsp3) is 0.556. The van der Waals surface area contributed by atoms with Crippen molar-refractivity contribution in [3.8, 4) is 12.5 Å². The molecule has 1 aliphatic heterocycles. The number of hydrogen-bond acceptors (Lipinski definition) is 4. The molecule has 2 rings (SSSR count). The van der Waals surface area contributed by atoms with Crippen molar-refractivity contribution in [3.63, 3.8) is 0 Å². The van der Waals surface area contributed by atoms with Crippen LogP contribution in [0.4, 0.5) is 0 Å². The number of piperidine rings is 1. The van der Waals surface area contributed by atoms with Gasteiger partial charge in [0.1, 0.15) is 0 Å². The predicted molar refractivity (Wildman–Crippen MR) is 103 cm³/mol. The molecule has 1 fully saturated rings. The number of nitrogens with zero attached hydrogens (tertiary/aromatic N) is 1. The van der Waals surface area contributed by atoms with E-state index >= 15 is 0 Å². The van der Waals surface area contributed by atoms with E-state index in [-0.39, 0.29) is 11.2 Å². The van der Waals surface area contributed by atoms with Crippen LogP contribution in [0.3, 0.4) is 0 Å². The summed E-state index contributed by atoms with van der Waals surface area (Å²) in [6, 6.07) is 2.33. The minimum absolute atomic E-state index is 0.126. The summed E-state index contributed by atoms with van der Waals surface area (Å²) in [6.07, 6.45) is 12.8. The van der Waals surface area contributed by atoms with E-state index in [4.69, 9.17) is 18.0 Å². The van der Waals surface area contributed by atoms with Gasteiger partial charge < -0.3 is 0 Å². The first-order valence-corrected chi connectivity index (χ1v) is 10.4. The lowest BCUT2D eigenvalue weighted by atomic mass is 9.88. The van der Waals surface area contributed by atoms with Gasteiger partial charge in [-0.05, 0) is 50.3 Å². The fourth-order valence-corrected chi connectivity index (χ4v) is 4.72. The smallest absolute Gasteiger partial charge is 0.216 e. The molecule has 1 heterocycles. The third-order valence-corrected chi connectivity index (χ3v) is 7.19. The molecular weight excluding hydrogens is 358 g/mol. The lowest BCUT2D eigenvalue weighted by Crippen LogP contribution is -2.42. The Hall–Kier alpha value is -1.42. The number of nitrogens with one attached hydrogen (secondary N) is 2. The summed E-state index contributed by atoms with van der Waals surface area (Å²) >= 11 is 6.33. The molecule has 7 heteroatoms. The first-order valence-electron chi connectivity index (χ1n) is 8.51. The van der Waals surface area contributed by atoms with Gasteiger partial charge in [0.05, 0.1) is 5.25 Å². The Bertz CT molecular complexity index is 724. The van der Waals surface area contributed by atoms with Gasteiger partial charge in [0.2, 0.25) is 10.0 Å². The lowest BCUT2D eigenvalue weighted by Gasteiger charge is -2.33. The zero-order valence-corrected chi connectivity index (χ0v) is 16.5. The van der Waals surface area contributed by atoms with Gasteiger partial charge in [-0.3, -0.25) is 10.9 Å². The highest BCUT2D eigenvalue weighted by molar-refractivity contribution is 7.89. The van der Waals surface area contributed by atoms with E-state index in [9.17, 15) is 8.42 Å². The Balaban J connectivity index is 2.09. The second kappa shape index (κ2) is 8.31. The second-order valence-corrected chi connectivity index (χ2v) is 9.67. The molecule has 0 amide bonds. The van der Waals surface area contributed by atoms with Crippen LogP contribution in [0.2, 0.25) is 0 Å². The summed E-state index contributed by atoms with van der Waals surface area (Å²) in [5, 5.41) is 0.256. The van der Waals surface area contributed by atoms with E-state index in [0.717, 1.165) is 24.1 Å². The van der Waals surface area contributed by atoms with Crippen LogP contribution in [-0.4, -0.2) is 31.1 Å². The molecule has 0 aromatic heterocycles. The normalized spacial score (nSPS) is 23.2. The molecule has 5 nitrogen and oxygen atoms in total. The highest BCUT2D eigenvalue weighted by Gasteiger charge is 2.31. The molecule has 0 aromatic rings. The number of halogens is 1. The summed E-state index contributed by atoms with van der Waals surface area (Å²) < 4.78 is 26.2. The van der Waals surface area contributed by atoms with E-state index in [2.05, 4.69) is 29.9 Å². The number of hydrazine groups is 1. The highest BCUT2D eigenvalue weighted by atomic mass is 35.5. The molecule has 0 saturated carbocycles. The van der Waals surface area contributed by atoms with Gasteiger partial charge in [-0.25, -0.2) is 12.7 Å². The maximum Gasteiger partial charge on any atom is 0.216 e. The molecule has 0 aromatic carbocycles. The third-order valence-electron chi connectivity index (χ3n) is 4.69. The molecule has 1 atom stereocenters. The average Bonchev–Trinajstić information content (AvgIpc) is 2.71. The molecule has 0 bridgehead atoms. The van der Waals surface area contributed by atoms with E-state index in [1.165, 1.54) is 0 Å². The van der Waals surface area contributed by atoms with E-state index in [1.54, 1.807) is 18.2 Å². The topological polar surface area (TPSA) is 61.4 Å². The van der Waals surface area contributed by atoms with Crippen molar-refractivity contribution in [2.45, 2.75) is 38.9 Å². The van der Waals surface area contributed by atoms with Crippen LogP contribution in [0.5, 0.6) is 0 Å². The van der Waals surface area contributed by atoms with Crippen molar-refractivity contribution in [2.24, 2.45) is 11.8 Å². The minimum Gasteiger partial charge on any atom is -0.297 e. The molecule has 0 spiro atoms. The van der Waals surface area contributed by atoms with E-state index in [0.29, 0.717) is 24.0 Å². The van der Waals surface area contributed by atoms with Crippen molar-refractivity contribution in [1.29, 1.82) is 0 Å². The van der Waals surface area contributed by atoms with Crippen LogP contribution >= 0.6 is 11.6 Å². The molecule has 25 heavy (non-hydrogen) atoms. The molecule has 138 valence electrons. The van der Waals surface area contributed by atoms with Crippen LogP contribution in [0.15, 0.2) is 34.5 Å². The second-order valence-electron chi connectivity index (χ2n) is 6.75. The maximum atomic E-state index is 12.3. The Morgan fingerprint density at radius 2 is 1.96 bits per heavy atom. The molecule has 0 radical (unpaired) electrons. The van der Waals surface area contributed by atoms with Gasteiger partial charge in [0, 0.05) is 35.8 Å². The van der Waals surface area contributed by atoms with Gasteiger partial charge in [-0.2, -0.15) is 0 Å². The summed E-state index contributed by atoms with van der Waals surface area (Å²) in [7, 11) is -3.18. The number of allylic oxidation sites excluding steroid dienone is 5. The monoisotopic (exact) mass is 383 g/mol. The minimum atomic E-state index is -3.18. The first kappa shape index (κ1) is 19.9. The van der Waals surface area contributed by atoms with Crippen LogP contribution in [-0.2, 0) is 10.0 Å². The van der Waals surface area contributed by atoms with Crippen LogP contribution in [0, 0.1) is 24.3 Å². The van der Waals surface area contributed by atoms with Crippen molar-refractivity contribution in [3.05, 3.63) is 34.5 Å². The summed E-state index contributed by atoms with van der Waals surface area (Å²) in [6.45, 7) is 6.63. The first-order chi connectivity index (χ1) is 11.8. The SMILES string of the molecule is C#CNNC1=CC(Cl)=CC(C2CCN(S(=O)(=O)C(C)C)CC2)=CC1C. The standard InChI is InChI=1S/C18H26ClN3O2S/c1-5-20-21-18-12-17(19)11-16(10-14(18)4)15-6-8-22(9-7-15)25(23,24)13(2)3/h1,10-15,20-21H,6-9H2,2-4H3. The number of sulfonamides is 1. The van der Waals surface area contributed by atoms with Gasteiger partial charge in [-0.15, -0.1) is 0 Å². The van der Waals surface area contributed by atoms with Crippen molar-refractivity contribution in [2.75, 3.05) is 13.1 Å². The Labute approximate surface area is 156 Å². The van der Waals surface area contributed by atoms with Crippen molar-refractivity contribution >= 4 is 21.6 Å². The molecule has 1 aliphatic carbocycles. The largest absolute Gasteiger partial charge is 0.297 e. The van der Waals surface area contributed by atoms with Gasteiger partial charge in [0.15, 0.2) is 0 Å². The van der Waals surface area contributed by atoms with Crippen LogP contribution < -0.4 is 10.9 Å². The molecule has 1 saturated heterocycles. The highest BCUT2D eigenvalue weighted by Crippen LogP contribution is 2.32. The van der Waals surface area contributed by atoms with Gasteiger partial charge >= 0.3 is 0 Å². The van der Waals surface area contributed by atoms with Gasteiger partial charge in [-0.1, -0.05) is 31.0 Å². The Morgan fingerprint density at radius 1 is 1.32 bits per heavy atom. The average molecular weight is 384 g/mol. The van der Waals surface area contributed by atoms with Gasteiger partial charge in [0.25, 0.3) is 0 Å².